The quantitative estimate of drug-likeness (QED) is 0.338. The summed E-state index contributed by atoms with van der Waals surface area (Å²) in [6.45, 7) is 2.00. The number of ether oxygens (including phenoxy) is 1. The van der Waals surface area contributed by atoms with Crippen LogP contribution in [0.1, 0.15) is 18.4 Å². The molecule has 1 aliphatic rings. The number of nitrogens with one attached hydrogen (secondary N) is 3. The second kappa shape index (κ2) is 10.8. The fourth-order valence-electron chi connectivity index (χ4n) is 3.08. The number of amides is 1. The van der Waals surface area contributed by atoms with Crippen LogP contribution in [0.5, 0.6) is 0 Å². The van der Waals surface area contributed by atoms with E-state index >= 15 is 0 Å². The molecule has 2 aromatic rings. The Hall–Kier alpha value is -2.37. The average Bonchev–Trinajstić information content (AvgIpc) is 3.26. The van der Waals surface area contributed by atoms with Crippen molar-refractivity contribution >= 4 is 36.0 Å². The first kappa shape index (κ1) is 21.9. The summed E-state index contributed by atoms with van der Waals surface area (Å²) in [7, 11) is 3.17. The van der Waals surface area contributed by atoms with Crippen LogP contribution in [0.3, 0.4) is 0 Å². The number of piperidine rings is 1. The molecule has 1 aromatic heterocycles. The maximum Gasteiger partial charge on any atom is 0.409 e. The van der Waals surface area contributed by atoms with Gasteiger partial charge in [0.05, 0.1) is 7.11 Å². The van der Waals surface area contributed by atoms with Gasteiger partial charge in [-0.1, -0.05) is 18.2 Å². The van der Waals surface area contributed by atoms with Crippen molar-refractivity contribution in [3.05, 3.63) is 36.2 Å². The Labute approximate surface area is 181 Å². The highest BCUT2D eigenvalue weighted by atomic mass is 127. The number of carbonyl (C=O) groups is 1. The van der Waals surface area contributed by atoms with E-state index in [-0.39, 0.29) is 36.1 Å². The molecule has 9 nitrogen and oxygen atoms in total. The van der Waals surface area contributed by atoms with Crippen LogP contribution >= 0.6 is 24.0 Å². The molecule has 0 unspecified atom stereocenters. The van der Waals surface area contributed by atoms with Gasteiger partial charge in [-0.05, 0) is 24.5 Å². The minimum Gasteiger partial charge on any atom is -0.453 e. The summed E-state index contributed by atoms with van der Waals surface area (Å²) in [4.78, 5) is 21.8. The van der Waals surface area contributed by atoms with Crippen molar-refractivity contribution in [3.8, 4) is 11.4 Å². The molecule has 3 N–H and O–H groups in total. The lowest BCUT2D eigenvalue weighted by Crippen LogP contribution is -2.49. The second-order valence-electron chi connectivity index (χ2n) is 6.34. The van der Waals surface area contributed by atoms with Gasteiger partial charge in [0.1, 0.15) is 6.33 Å². The molecule has 0 radical (unpaired) electrons. The summed E-state index contributed by atoms with van der Waals surface area (Å²) in [5.41, 5.74) is 2.11. The number of halogens is 1. The number of likely N-dealkylation sites (tertiary alicyclic amines) is 1. The normalized spacial score (nSPS) is 14.9. The number of benzene rings is 1. The van der Waals surface area contributed by atoms with E-state index in [2.05, 4.69) is 42.9 Å². The van der Waals surface area contributed by atoms with Gasteiger partial charge in [-0.15, -0.1) is 24.0 Å². The Morgan fingerprint density at radius 1 is 1.39 bits per heavy atom. The van der Waals surface area contributed by atoms with Crippen LogP contribution in [0.2, 0.25) is 0 Å². The lowest BCUT2D eigenvalue weighted by atomic mass is 10.1. The predicted octanol–water partition coefficient (Wildman–Crippen LogP) is 1.99. The molecule has 0 saturated carbocycles. The molecule has 1 fully saturated rings. The molecule has 3 rings (SSSR count). The van der Waals surface area contributed by atoms with Gasteiger partial charge in [0.25, 0.3) is 0 Å². The third-order valence-electron chi connectivity index (χ3n) is 4.57. The SMILES string of the molecule is CN=C(NCc1cccc(-c2ncn[nH]2)c1)NC1CCN(C(=O)OC)CC1.I. The van der Waals surface area contributed by atoms with E-state index in [1.54, 1.807) is 11.9 Å². The highest BCUT2D eigenvalue weighted by Crippen LogP contribution is 2.15. The number of H-pyrrole nitrogens is 1. The molecule has 28 heavy (non-hydrogen) atoms. The monoisotopic (exact) mass is 499 g/mol. The smallest absolute Gasteiger partial charge is 0.409 e. The first-order chi connectivity index (χ1) is 13.2. The van der Waals surface area contributed by atoms with Gasteiger partial charge >= 0.3 is 6.09 Å². The van der Waals surface area contributed by atoms with Crippen molar-refractivity contribution < 1.29 is 9.53 Å². The Balaban J connectivity index is 0.00000280. The molecule has 2 heterocycles. The number of guanidine groups is 1. The molecule has 0 atom stereocenters. The number of hydrogen-bond acceptors (Lipinski definition) is 5. The molecular formula is C18H26IN7O2. The summed E-state index contributed by atoms with van der Waals surface area (Å²) < 4.78 is 4.77. The standard InChI is InChI=1S/C18H25N7O2.HI/c1-19-17(23-15-6-8-25(9-7-15)18(26)27-2)20-11-13-4-3-5-14(10-13)16-21-12-22-24-16;/h3-5,10,12,15H,6-9,11H2,1-2H3,(H2,19,20,23)(H,21,22,24);1H. The maximum absolute atomic E-state index is 11.6. The zero-order valence-electron chi connectivity index (χ0n) is 16.0. The summed E-state index contributed by atoms with van der Waals surface area (Å²) in [5, 5.41) is 13.5. The largest absolute Gasteiger partial charge is 0.453 e. The van der Waals surface area contributed by atoms with Crippen molar-refractivity contribution in [3.63, 3.8) is 0 Å². The van der Waals surface area contributed by atoms with Crippen LogP contribution in [0, 0.1) is 0 Å². The lowest BCUT2D eigenvalue weighted by Gasteiger charge is -2.32. The number of methoxy groups -OCH3 is 1. The van der Waals surface area contributed by atoms with Crippen LogP contribution in [-0.2, 0) is 11.3 Å². The molecule has 0 aliphatic carbocycles. The molecule has 1 aliphatic heterocycles. The molecular weight excluding hydrogens is 473 g/mol. The number of aliphatic imine (C=N–C) groups is 1. The Bertz CT molecular complexity index is 774. The van der Waals surface area contributed by atoms with Crippen LogP contribution < -0.4 is 10.6 Å². The van der Waals surface area contributed by atoms with E-state index in [9.17, 15) is 4.79 Å². The van der Waals surface area contributed by atoms with Gasteiger partial charge in [-0.2, -0.15) is 5.10 Å². The van der Waals surface area contributed by atoms with Crippen LogP contribution in [0.15, 0.2) is 35.6 Å². The molecule has 10 heteroatoms. The van der Waals surface area contributed by atoms with E-state index < -0.39 is 0 Å². The van der Waals surface area contributed by atoms with Gasteiger partial charge in [0.2, 0.25) is 0 Å². The molecule has 0 spiro atoms. The average molecular weight is 499 g/mol. The summed E-state index contributed by atoms with van der Waals surface area (Å²) in [6.07, 6.45) is 2.95. The Kier molecular flexibility index (Phi) is 8.48. The van der Waals surface area contributed by atoms with Gasteiger partial charge in [-0.3, -0.25) is 10.1 Å². The lowest BCUT2D eigenvalue weighted by molar-refractivity contribution is 0.111. The van der Waals surface area contributed by atoms with Crippen molar-refractivity contribution in [2.45, 2.75) is 25.4 Å². The summed E-state index contributed by atoms with van der Waals surface area (Å²) in [6, 6.07) is 8.38. The molecule has 1 saturated heterocycles. The summed E-state index contributed by atoms with van der Waals surface area (Å²) >= 11 is 0. The summed E-state index contributed by atoms with van der Waals surface area (Å²) in [5.74, 6) is 1.49. The zero-order valence-corrected chi connectivity index (χ0v) is 18.3. The van der Waals surface area contributed by atoms with Crippen LogP contribution in [0.25, 0.3) is 11.4 Å². The highest BCUT2D eigenvalue weighted by Gasteiger charge is 2.23. The van der Waals surface area contributed by atoms with E-state index in [0.29, 0.717) is 19.6 Å². The number of carbonyl (C=O) groups excluding carboxylic acids is 1. The van der Waals surface area contributed by atoms with Gasteiger partial charge in [-0.25, -0.2) is 9.78 Å². The Morgan fingerprint density at radius 3 is 2.82 bits per heavy atom. The van der Waals surface area contributed by atoms with E-state index in [0.717, 1.165) is 35.8 Å². The molecule has 1 amide bonds. The third kappa shape index (κ3) is 5.81. The third-order valence-corrected chi connectivity index (χ3v) is 4.57. The van der Waals surface area contributed by atoms with Gasteiger partial charge < -0.3 is 20.3 Å². The number of rotatable bonds is 4. The fraction of sp³-hybridized carbons (Fsp3) is 0.444. The maximum atomic E-state index is 11.6. The molecule has 0 bridgehead atoms. The topological polar surface area (TPSA) is 108 Å². The fourth-order valence-corrected chi connectivity index (χ4v) is 3.08. The van der Waals surface area contributed by atoms with E-state index in [4.69, 9.17) is 4.74 Å². The molecule has 152 valence electrons. The second-order valence-corrected chi connectivity index (χ2v) is 6.34. The minimum atomic E-state index is -0.261. The van der Waals surface area contributed by atoms with E-state index in [1.807, 2.05) is 12.1 Å². The number of nitrogens with zero attached hydrogens (tertiary/aromatic N) is 4. The predicted molar refractivity (Wildman–Crippen MR) is 118 cm³/mol. The van der Waals surface area contributed by atoms with Crippen LogP contribution in [-0.4, -0.2) is 65.4 Å². The minimum absolute atomic E-state index is 0. The van der Waals surface area contributed by atoms with Crippen molar-refractivity contribution in [2.75, 3.05) is 27.2 Å². The highest BCUT2D eigenvalue weighted by molar-refractivity contribution is 14.0. The first-order valence-corrected chi connectivity index (χ1v) is 8.94. The first-order valence-electron chi connectivity index (χ1n) is 8.94. The van der Waals surface area contributed by atoms with Crippen molar-refractivity contribution in [2.24, 2.45) is 4.99 Å². The number of hydrogen-bond donors (Lipinski definition) is 3. The molecule has 1 aromatic carbocycles. The van der Waals surface area contributed by atoms with Crippen molar-refractivity contribution in [1.82, 2.24) is 30.7 Å². The van der Waals surface area contributed by atoms with Gasteiger partial charge in [0, 0.05) is 38.3 Å². The Morgan fingerprint density at radius 2 is 2.18 bits per heavy atom. The van der Waals surface area contributed by atoms with Crippen LogP contribution in [0.4, 0.5) is 4.79 Å². The van der Waals surface area contributed by atoms with Crippen molar-refractivity contribution in [1.29, 1.82) is 0 Å². The number of aromatic nitrogens is 3. The zero-order chi connectivity index (χ0) is 19.1. The van der Waals surface area contributed by atoms with Gasteiger partial charge in [0.15, 0.2) is 11.8 Å². The van der Waals surface area contributed by atoms with E-state index in [1.165, 1.54) is 13.4 Å². The number of aromatic amines is 1.